The number of thiazole rings is 1. The SMILES string of the molecule is O=C(CN1CCN(Cc2nc3ccccc3s2)CC1)NCCc1ccc(Cl)cc1. The van der Waals surface area contributed by atoms with E-state index in [4.69, 9.17) is 16.6 Å². The number of halogens is 1. The van der Waals surface area contributed by atoms with Crippen LogP contribution in [-0.2, 0) is 17.8 Å². The Kier molecular flexibility index (Phi) is 6.77. The molecule has 7 heteroatoms. The lowest BCUT2D eigenvalue weighted by Crippen LogP contribution is -2.49. The molecule has 5 nitrogen and oxygen atoms in total. The molecule has 0 spiro atoms. The van der Waals surface area contributed by atoms with Gasteiger partial charge in [-0.2, -0.15) is 0 Å². The number of piperazine rings is 1. The van der Waals surface area contributed by atoms with Gasteiger partial charge in [-0.3, -0.25) is 14.6 Å². The third-order valence-corrected chi connectivity index (χ3v) is 6.45. The third-order valence-electron chi connectivity index (χ3n) is 5.18. The standard InChI is InChI=1S/C22H25ClN4OS/c23-18-7-5-17(6-8-18)9-10-24-21(28)15-26-11-13-27(14-12-26)16-22-25-19-3-1-2-4-20(19)29-22/h1-8H,9-16H2,(H,24,28). The smallest absolute Gasteiger partial charge is 0.234 e. The Labute approximate surface area is 180 Å². The van der Waals surface area contributed by atoms with Crippen LogP contribution in [0.4, 0.5) is 0 Å². The van der Waals surface area contributed by atoms with E-state index >= 15 is 0 Å². The number of benzene rings is 2. The first kappa shape index (κ1) is 20.3. The number of nitrogens with zero attached hydrogens (tertiary/aromatic N) is 3. The van der Waals surface area contributed by atoms with Crippen LogP contribution in [0.2, 0.25) is 5.02 Å². The zero-order chi connectivity index (χ0) is 20.1. The minimum absolute atomic E-state index is 0.0959. The molecule has 0 aliphatic carbocycles. The fourth-order valence-electron chi connectivity index (χ4n) is 3.54. The van der Waals surface area contributed by atoms with Crippen molar-refractivity contribution in [1.82, 2.24) is 20.1 Å². The van der Waals surface area contributed by atoms with Gasteiger partial charge in [0.05, 0.1) is 23.3 Å². The van der Waals surface area contributed by atoms with Gasteiger partial charge < -0.3 is 5.32 Å². The van der Waals surface area contributed by atoms with Gasteiger partial charge in [0, 0.05) is 37.7 Å². The average Bonchev–Trinajstić information content (AvgIpc) is 3.13. The lowest BCUT2D eigenvalue weighted by molar-refractivity contribution is -0.122. The molecular weight excluding hydrogens is 404 g/mol. The zero-order valence-electron chi connectivity index (χ0n) is 16.3. The Hall–Kier alpha value is -1.99. The average molecular weight is 429 g/mol. The van der Waals surface area contributed by atoms with Gasteiger partial charge in [-0.1, -0.05) is 35.9 Å². The predicted octanol–water partition coefficient (Wildman–Crippen LogP) is 3.43. The molecule has 1 N–H and O–H groups in total. The van der Waals surface area contributed by atoms with Crippen molar-refractivity contribution in [3.63, 3.8) is 0 Å². The van der Waals surface area contributed by atoms with Crippen molar-refractivity contribution in [2.45, 2.75) is 13.0 Å². The first-order valence-electron chi connectivity index (χ1n) is 9.96. The summed E-state index contributed by atoms with van der Waals surface area (Å²) >= 11 is 7.67. The summed E-state index contributed by atoms with van der Waals surface area (Å²) in [6.45, 7) is 5.76. The molecule has 2 heterocycles. The van der Waals surface area contributed by atoms with E-state index < -0.39 is 0 Å². The second kappa shape index (κ2) is 9.67. The largest absolute Gasteiger partial charge is 0.355 e. The van der Waals surface area contributed by atoms with E-state index in [9.17, 15) is 4.79 Å². The highest BCUT2D eigenvalue weighted by Crippen LogP contribution is 2.23. The van der Waals surface area contributed by atoms with Crippen molar-refractivity contribution in [2.24, 2.45) is 0 Å². The van der Waals surface area contributed by atoms with Gasteiger partial charge in [0.2, 0.25) is 5.91 Å². The van der Waals surface area contributed by atoms with Gasteiger partial charge in [-0.15, -0.1) is 11.3 Å². The van der Waals surface area contributed by atoms with Gasteiger partial charge in [0.1, 0.15) is 5.01 Å². The highest BCUT2D eigenvalue weighted by molar-refractivity contribution is 7.18. The van der Waals surface area contributed by atoms with Crippen LogP contribution in [-0.4, -0.2) is 60.0 Å². The Balaban J connectivity index is 1.16. The summed E-state index contributed by atoms with van der Waals surface area (Å²) in [5, 5.41) is 4.93. The van der Waals surface area contributed by atoms with Crippen LogP contribution >= 0.6 is 22.9 Å². The lowest BCUT2D eigenvalue weighted by Gasteiger charge is -2.33. The normalized spacial score (nSPS) is 15.6. The van der Waals surface area contributed by atoms with Gasteiger partial charge >= 0.3 is 0 Å². The summed E-state index contributed by atoms with van der Waals surface area (Å²) in [5.41, 5.74) is 2.26. The zero-order valence-corrected chi connectivity index (χ0v) is 17.9. The molecule has 29 heavy (non-hydrogen) atoms. The molecule has 1 fully saturated rings. The summed E-state index contributed by atoms with van der Waals surface area (Å²) < 4.78 is 1.25. The van der Waals surface area contributed by atoms with E-state index in [1.54, 1.807) is 11.3 Å². The van der Waals surface area contributed by atoms with E-state index in [1.807, 2.05) is 30.3 Å². The van der Waals surface area contributed by atoms with Crippen LogP contribution in [0.15, 0.2) is 48.5 Å². The van der Waals surface area contributed by atoms with Crippen LogP contribution < -0.4 is 5.32 Å². The number of nitrogens with one attached hydrogen (secondary N) is 1. The minimum atomic E-state index is 0.0959. The molecule has 1 aliphatic heterocycles. The summed E-state index contributed by atoms with van der Waals surface area (Å²) in [4.78, 5) is 21.6. The molecule has 1 saturated heterocycles. The molecule has 4 rings (SSSR count). The quantitative estimate of drug-likeness (QED) is 0.626. The van der Waals surface area contributed by atoms with Gasteiger partial charge in [-0.05, 0) is 36.2 Å². The Morgan fingerprint density at radius 1 is 1.03 bits per heavy atom. The number of rotatable bonds is 7. The molecule has 1 aromatic heterocycles. The van der Waals surface area contributed by atoms with Crippen molar-refractivity contribution in [3.8, 4) is 0 Å². The molecule has 0 unspecified atom stereocenters. The van der Waals surface area contributed by atoms with E-state index in [-0.39, 0.29) is 5.91 Å². The van der Waals surface area contributed by atoms with Crippen LogP contribution in [0, 0.1) is 0 Å². The molecule has 3 aromatic rings. The molecule has 0 bridgehead atoms. The molecule has 0 atom stereocenters. The van der Waals surface area contributed by atoms with Crippen molar-refractivity contribution in [2.75, 3.05) is 39.3 Å². The number of para-hydroxylation sites is 1. The van der Waals surface area contributed by atoms with E-state index in [2.05, 4.69) is 33.3 Å². The molecule has 1 aliphatic rings. The first-order valence-corrected chi connectivity index (χ1v) is 11.2. The number of fused-ring (bicyclic) bond motifs is 1. The fraction of sp³-hybridized carbons (Fsp3) is 0.364. The highest BCUT2D eigenvalue weighted by atomic mass is 35.5. The van der Waals surface area contributed by atoms with Gasteiger partial charge in [0.15, 0.2) is 0 Å². The first-order chi connectivity index (χ1) is 14.2. The Morgan fingerprint density at radius 2 is 1.76 bits per heavy atom. The lowest BCUT2D eigenvalue weighted by atomic mass is 10.1. The number of hydrogen-bond acceptors (Lipinski definition) is 5. The summed E-state index contributed by atoms with van der Waals surface area (Å²) in [6.07, 6.45) is 0.818. The topological polar surface area (TPSA) is 48.5 Å². The second-order valence-corrected chi connectivity index (χ2v) is 8.91. The number of carbonyl (C=O) groups excluding carboxylic acids is 1. The predicted molar refractivity (Wildman–Crippen MR) is 120 cm³/mol. The molecule has 2 aromatic carbocycles. The van der Waals surface area contributed by atoms with E-state index in [0.717, 1.165) is 49.7 Å². The maximum absolute atomic E-state index is 12.2. The van der Waals surface area contributed by atoms with Crippen molar-refractivity contribution < 1.29 is 4.79 Å². The highest BCUT2D eigenvalue weighted by Gasteiger charge is 2.20. The molecular formula is C22H25ClN4OS. The Morgan fingerprint density at radius 3 is 2.52 bits per heavy atom. The molecule has 0 radical (unpaired) electrons. The number of carbonyl (C=O) groups is 1. The molecule has 1 amide bonds. The van der Waals surface area contributed by atoms with Crippen LogP contribution in [0.1, 0.15) is 10.6 Å². The van der Waals surface area contributed by atoms with E-state index in [0.29, 0.717) is 13.1 Å². The number of amides is 1. The number of hydrogen-bond donors (Lipinski definition) is 1. The molecule has 0 saturated carbocycles. The summed E-state index contributed by atoms with van der Waals surface area (Å²) in [7, 11) is 0. The maximum atomic E-state index is 12.2. The van der Waals surface area contributed by atoms with Crippen LogP contribution in [0.3, 0.4) is 0 Å². The third kappa shape index (κ3) is 5.76. The number of aromatic nitrogens is 1. The van der Waals surface area contributed by atoms with Crippen molar-refractivity contribution in [3.05, 3.63) is 64.1 Å². The van der Waals surface area contributed by atoms with Gasteiger partial charge in [0.25, 0.3) is 0 Å². The summed E-state index contributed by atoms with van der Waals surface area (Å²) in [5.74, 6) is 0.0959. The monoisotopic (exact) mass is 428 g/mol. The minimum Gasteiger partial charge on any atom is -0.355 e. The van der Waals surface area contributed by atoms with Crippen molar-refractivity contribution in [1.29, 1.82) is 0 Å². The maximum Gasteiger partial charge on any atom is 0.234 e. The summed E-state index contributed by atoms with van der Waals surface area (Å²) in [6, 6.07) is 16.0. The second-order valence-electron chi connectivity index (χ2n) is 7.35. The fourth-order valence-corrected chi connectivity index (χ4v) is 4.68. The van der Waals surface area contributed by atoms with Crippen LogP contribution in [0.5, 0.6) is 0 Å². The van der Waals surface area contributed by atoms with Crippen molar-refractivity contribution >= 4 is 39.1 Å². The van der Waals surface area contributed by atoms with Gasteiger partial charge in [-0.25, -0.2) is 4.98 Å². The van der Waals surface area contributed by atoms with E-state index in [1.165, 1.54) is 15.3 Å². The Bertz CT molecular complexity index is 918. The molecule has 152 valence electrons. The van der Waals surface area contributed by atoms with Crippen LogP contribution in [0.25, 0.3) is 10.2 Å².